The first-order chi connectivity index (χ1) is 16.0. The van der Waals surface area contributed by atoms with E-state index in [4.69, 9.17) is 9.94 Å². The van der Waals surface area contributed by atoms with Gasteiger partial charge in [0, 0.05) is 32.0 Å². The van der Waals surface area contributed by atoms with Crippen molar-refractivity contribution in [1.29, 1.82) is 0 Å². The van der Waals surface area contributed by atoms with Gasteiger partial charge in [0.05, 0.1) is 23.2 Å². The van der Waals surface area contributed by atoms with Crippen LogP contribution >= 0.6 is 0 Å². The molecule has 3 N–H and O–H groups in total. The van der Waals surface area contributed by atoms with Crippen LogP contribution in [0.5, 0.6) is 0 Å². The number of hydrogen-bond donors (Lipinski definition) is 3. The summed E-state index contributed by atoms with van der Waals surface area (Å²) in [6, 6.07) is 16.4. The molecule has 0 bridgehead atoms. The van der Waals surface area contributed by atoms with Crippen molar-refractivity contribution in [2.75, 3.05) is 31.1 Å². The molecule has 1 atom stereocenters. The molecule has 1 saturated heterocycles. The van der Waals surface area contributed by atoms with Gasteiger partial charge in [-0.25, -0.2) is 28.6 Å². The number of carbonyl (C=O) groups excluding carboxylic acids is 1. The van der Waals surface area contributed by atoms with Gasteiger partial charge in [0.15, 0.2) is 0 Å². The molecule has 1 amide bonds. The van der Waals surface area contributed by atoms with E-state index in [-0.39, 0.29) is 17.0 Å². The molecule has 11 heteroatoms. The fraction of sp³-hybridized carbons (Fsp3) is 0.227. The summed E-state index contributed by atoms with van der Waals surface area (Å²) in [6.07, 6.45) is 2.21. The zero-order valence-electron chi connectivity index (χ0n) is 17.6. The van der Waals surface area contributed by atoms with Crippen molar-refractivity contribution in [3.8, 4) is 11.1 Å². The van der Waals surface area contributed by atoms with Crippen molar-refractivity contribution < 1.29 is 23.2 Å². The molecule has 33 heavy (non-hydrogen) atoms. The van der Waals surface area contributed by atoms with Crippen LogP contribution in [0.3, 0.4) is 0 Å². The van der Waals surface area contributed by atoms with Crippen LogP contribution in [0.15, 0.2) is 71.9 Å². The SMILES string of the molecule is O=C(NO)c1cnc(N2CCO[C@@H](CNS(=O)(=O)c3ccc(-c4ccccc4)cc3)C2)nc1. The fourth-order valence-corrected chi connectivity index (χ4v) is 4.50. The highest BCUT2D eigenvalue weighted by Crippen LogP contribution is 2.21. The van der Waals surface area contributed by atoms with Gasteiger partial charge in [-0.05, 0) is 23.3 Å². The third-order valence-corrected chi connectivity index (χ3v) is 6.64. The number of carbonyl (C=O) groups is 1. The number of nitrogens with one attached hydrogen (secondary N) is 2. The summed E-state index contributed by atoms with van der Waals surface area (Å²) in [5.41, 5.74) is 3.59. The number of morpholine rings is 1. The molecule has 1 aromatic heterocycles. The van der Waals surface area contributed by atoms with Gasteiger partial charge in [-0.15, -0.1) is 0 Å². The smallest absolute Gasteiger partial charge is 0.277 e. The van der Waals surface area contributed by atoms with E-state index in [1.165, 1.54) is 17.9 Å². The van der Waals surface area contributed by atoms with Gasteiger partial charge in [0.25, 0.3) is 5.91 Å². The molecule has 172 valence electrons. The Labute approximate surface area is 191 Å². The van der Waals surface area contributed by atoms with E-state index in [1.807, 2.05) is 35.2 Å². The Morgan fingerprint density at radius 1 is 1.06 bits per heavy atom. The largest absolute Gasteiger partial charge is 0.373 e. The number of nitrogens with zero attached hydrogens (tertiary/aromatic N) is 3. The van der Waals surface area contributed by atoms with Gasteiger partial charge >= 0.3 is 0 Å². The summed E-state index contributed by atoms with van der Waals surface area (Å²) in [5, 5.41) is 8.68. The number of hydroxylamine groups is 1. The second-order valence-corrected chi connectivity index (χ2v) is 9.16. The van der Waals surface area contributed by atoms with E-state index in [0.717, 1.165) is 11.1 Å². The predicted molar refractivity (Wildman–Crippen MR) is 120 cm³/mol. The second-order valence-electron chi connectivity index (χ2n) is 7.39. The molecule has 2 aromatic carbocycles. The average Bonchev–Trinajstić information content (AvgIpc) is 2.88. The lowest BCUT2D eigenvalue weighted by molar-refractivity contribution is 0.0436. The summed E-state index contributed by atoms with van der Waals surface area (Å²) < 4.78 is 33.8. The standard InChI is InChI=1S/C22H23N5O5S/c28-21(26-29)18-12-23-22(24-13-18)27-10-11-32-19(15-27)14-25-33(30,31)20-8-6-17(7-9-20)16-4-2-1-3-5-16/h1-9,12-13,19,25,29H,10-11,14-15H2,(H,26,28)/t19-/m0/s1. The highest BCUT2D eigenvalue weighted by Gasteiger charge is 2.25. The normalized spacial score (nSPS) is 16.4. The van der Waals surface area contributed by atoms with E-state index in [2.05, 4.69) is 14.7 Å². The van der Waals surface area contributed by atoms with Gasteiger partial charge in [-0.3, -0.25) is 10.0 Å². The second kappa shape index (κ2) is 10.0. The molecule has 1 fully saturated rings. The number of benzene rings is 2. The summed E-state index contributed by atoms with van der Waals surface area (Å²) in [5.74, 6) is -0.315. The maximum absolute atomic E-state index is 12.7. The van der Waals surface area contributed by atoms with Crippen LogP contribution in [0, 0.1) is 0 Å². The third kappa shape index (κ3) is 5.52. The molecular formula is C22H23N5O5S. The number of ether oxygens (including phenoxy) is 1. The van der Waals surface area contributed by atoms with Crippen LogP contribution in [-0.4, -0.2) is 61.8 Å². The Balaban J connectivity index is 1.36. The van der Waals surface area contributed by atoms with Gasteiger partial charge in [0.2, 0.25) is 16.0 Å². The number of aromatic nitrogens is 2. The van der Waals surface area contributed by atoms with Crippen LogP contribution in [-0.2, 0) is 14.8 Å². The van der Waals surface area contributed by atoms with E-state index in [0.29, 0.717) is 25.6 Å². The Morgan fingerprint density at radius 3 is 2.39 bits per heavy atom. The van der Waals surface area contributed by atoms with Crippen molar-refractivity contribution in [3.05, 3.63) is 72.6 Å². The van der Waals surface area contributed by atoms with Gasteiger partial charge < -0.3 is 9.64 Å². The summed E-state index contributed by atoms with van der Waals surface area (Å²) in [7, 11) is -3.71. The third-order valence-electron chi connectivity index (χ3n) is 5.20. The lowest BCUT2D eigenvalue weighted by Gasteiger charge is -2.33. The maximum Gasteiger partial charge on any atom is 0.277 e. The first kappa shape index (κ1) is 22.8. The highest BCUT2D eigenvalue weighted by molar-refractivity contribution is 7.89. The Morgan fingerprint density at radius 2 is 1.73 bits per heavy atom. The average molecular weight is 470 g/mol. The zero-order chi connectivity index (χ0) is 23.3. The molecule has 0 radical (unpaired) electrons. The Bertz CT molecular complexity index is 1190. The molecule has 0 saturated carbocycles. The molecule has 3 aromatic rings. The maximum atomic E-state index is 12.7. The molecule has 4 rings (SSSR count). The van der Waals surface area contributed by atoms with E-state index < -0.39 is 22.0 Å². The Hall–Kier alpha value is -3.38. The van der Waals surface area contributed by atoms with Gasteiger partial charge in [-0.1, -0.05) is 42.5 Å². The molecule has 0 spiro atoms. The van der Waals surface area contributed by atoms with Crippen molar-refractivity contribution in [1.82, 2.24) is 20.2 Å². The molecule has 10 nitrogen and oxygen atoms in total. The molecule has 0 unspecified atom stereocenters. The minimum absolute atomic E-state index is 0.0876. The highest BCUT2D eigenvalue weighted by atomic mass is 32.2. The topological polar surface area (TPSA) is 134 Å². The lowest BCUT2D eigenvalue weighted by Crippen LogP contribution is -2.48. The predicted octanol–water partition coefficient (Wildman–Crippen LogP) is 1.45. The van der Waals surface area contributed by atoms with Crippen LogP contribution < -0.4 is 15.1 Å². The van der Waals surface area contributed by atoms with Crippen molar-refractivity contribution in [2.45, 2.75) is 11.0 Å². The van der Waals surface area contributed by atoms with E-state index in [1.54, 1.807) is 24.3 Å². The molecule has 1 aliphatic rings. The lowest BCUT2D eigenvalue weighted by atomic mass is 10.1. The number of rotatable bonds is 7. The quantitative estimate of drug-likeness (QED) is 0.350. The van der Waals surface area contributed by atoms with Gasteiger partial charge in [0.1, 0.15) is 0 Å². The van der Waals surface area contributed by atoms with Crippen LogP contribution in [0.4, 0.5) is 5.95 Å². The number of anilines is 1. The Kier molecular flexibility index (Phi) is 6.94. The van der Waals surface area contributed by atoms with E-state index in [9.17, 15) is 13.2 Å². The number of sulfonamides is 1. The van der Waals surface area contributed by atoms with E-state index >= 15 is 0 Å². The number of amides is 1. The number of hydrogen-bond acceptors (Lipinski definition) is 8. The minimum atomic E-state index is -3.71. The van der Waals surface area contributed by atoms with Crippen LogP contribution in [0.1, 0.15) is 10.4 Å². The first-order valence-electron chi connectivity index (χ1n) is 10.2. The monoisotopic (exact) mass is 469 g/mol. The molecular weight excluding hydrogens is 446 g/mol. The summed E-state index contributed by atoms with van der Waals surface area (Å²) >= 11 is 0. The fourth-order valence-electron chi connectivity index (χ4n) is 3.43. The van der Waals surface area contributed by atoms with Crippen LogP contribution in [0.2, 0.25) is 0 Å². The van der Waals surface area contributed by atoms with Crippen molar-refractivity contribution >= 4 is 21.9 Å². The summed E-state index contributed by atoms with van der Waals surface area (Å²) in [6.45, 7) is 1.36. The van der Waals surface area contributed by atoms with Crippen LogP contribution in [0.25, 0.3) is 11.1 Å². The first-order valence-corrected chi connectivity index (χ1v) is 11.7. The zero-order valence-corrected chi connectivity index (χ0v) is 18.4. The van der Waals surface area contributed by atoms with Crippen molar-refractivity contribution in [3.63, 3.8) is 0 Å². The van der Waals surface area contributed by atoms with Crippen molar-refractivity contribution in [2.24, 2.45) is 0 Å². The summed E-state index contributed by atoms with van der Waals surface area (Å²) in [4.78, 5) is 21.7. The molecule has 2 heterocycles. The minimum Gasteiger partial charge on any atom is -0.373 e. The molecule has 1 aliphatic heterocycles. The molecule has 0 aliphatic carbocycles. The van der Waals surface area contributed by atoms with Gasteiger partial charge in [-0.2, -0.15) is 0 Å².